The van der Waals surface area contributed by atoms with E-state index in [1.165, 1.54) is 22.7 Å². The largest absolute Gasteiger partial charge is 0.352 e. The topological polar surface area (TPSA) is 49.4 Å². The Morgan fingerprint density at radius 2 is 1.77 bits per heavy atom. The fraction of sp³-hybridized carbons (Fsp3) is 0.417. The molecule has 4 nitrogen and oxygen atoms in total. The van der Waals surface area contributed by atoms with Crippen molar-refractivity contribution in [3.63, 3.8) is 0 Å². The van der Waals surface area contributed by atoms with Gasteiger partial charge in [0, 0.05) is 23.9 Å². The lowest BCUT2D eigenvalue weighted by Gasteiger charge is -2.29. The number of carbonyl (C=O) groups excluding carboxylic acids is 2. The molecule has 2 amide bonds. The lowest BCUT2D eigenvalue weighted by Crippen LogP contribution is -2.50. The van der Waals surface area contributed by atoms with Gasteiger partial charge in [-0.25, -0.2) is 4.39 Å². The van der Waals surface area contributed by atoms with Gasteiger partial charge in [-0.1, -0.05) is 61.4 Å². The van der Waals surface area contributed by atoms with Crippen LogP contribution in [0.1, 0.15) is 43.7 Å². The number of nitrogens with one attached hydrogen (secondary N) is 1. The number of nitrogens with zero attached hydrogens (tertiary/aromatic N) is 1. The summed E-state index contributed by atoms with van der Waals surface area (Å²) in [6.07, 6.45) is 4.19. The third-order valence-electron chi connectivity index (χ3n) is 5.50. The Hall–Kier alpha value is -2.34. The van der Waals surface area contributed by atoms with Crippen LogP contribution in [0, 0.1) is 5.82 Å². The molecular formula is C24H29FN2O2S. The Labute approximate surface area is 182 Å². The van der Waals surface area contributed by atoms with Gasteiger partial charge >= 0.3 is 0 Å². The van der Waals surface area contributed by atoms with Gasteiger partial charge in [0.15, 0.2) is 0 Å². The standard InChI is InChI=1S/C24H29FN2O2S/c1-18(24(29)26-21-12-6-7-13-21)27(15-20-11-5-8-14-22(20)25)23(28)17-30-16-19-9-3-2-4-10-19/h2-5,8-11,14,18,21H,6-7,12-13,15-17H2,1H3,(H,26,29). The van der Waals surface area contributed by atoms with Crippen molar-refractivity contribution in [3.8, 4) is 0 Å². The highest BCUT2D eigenvalue weighted by molar-refractivity contribution is 7.99. The van der Waals surface area contributed by atoms with Crippen LogP contribution < -0.4 is 5.32 Å². The molecule has 2 aromatic carbocycles. The molecule has 0 aromatic heterocycles. The Morgan fingerprint density at radius 1 is 1.10 bits per heavy atom. The highest BCUT2D eigenvalue weighted by Gasteiger charge is 2.28. The highest BCUT2D eigenvalue weighted by atomic mass is 32.2. The number of rotatable bonds is 9. The second kappa shape index (κ2) is 11.2. The van der Waals surface area contributed by atoms with Crippen LogP contribution in [0.15, 0.2) is 54.6 Å². The zero-order chi connectivity index (χ0) is 21.3. The zero-order valence-corrected chi connectivity index (χ0v) is 18.2. The number of thioether (sulfide) groups is 1. The molecule has 1 aliphatic rings. The molecule has 1 saturated carbocycles. The van der Waals surface area contributed by atoms with Crippen LogP contribution in [0.25, 0.3) is 0 Å². The maximum Gasteiger partial charge on any atom is 0.242 e. The van der Waals surface area contributed by atoms with Gasteiger partial charge in [0.25, 0.3) is 0 Å². The van der Waals surface area contributed by atoms with E-state index in [9.17, 15) is 14.0 Å². The molecule has 30 heavy (non-hydrogen) atoms. The number of benzene rings is 2. The Morgan fingerprint density at radius 3 is 2.47 bits per heavy atom. The second-order valence-corrected chi connectivity index (χ2v) is 8.74. The van der Waals surface area contributed by atoms with Crippen LogP contribution in [0.3, 0.4) is 0 Å². The van der Waals surface area contributed by atoms with Crippen LogP contribution >= 0.6 is 11.8 Å². The summed E-state index contributed by atoms with van der Waals surface area (Å²) in [6, 6.07) is 15.9. The molecule has 0 spiro atoms. The van der Waals surface area contributed by atoms with Crippen molar-refractivity contribution in [1.29, 1.82) is 0 Å². The monoisotopic (exact) mass is 428 g/mol. The molecule has 1 N–H and O–H groups in total. The van der Waals surface area contributed by atoms with Crippen molar-refractivity contribution >= 4 is 23.6 Å². The molecule has 3 rings (SSSR count). The predicted octanol–water partition coefficient (Wildman–Crippen LogP) is 4.54. The normalized spacial score (nSPS) is 15.0. The van der Waals surface area contributed by atoms with Gasteiger partial charge < -0.3 is 10.2 Å². The smallest absolute Gasteiger partial charge is 0.242 e. The van der Waals surface area contributed by atoms with Gasteiger partial charge in [-0.15, -0.1) is 11.8 Å². The Kier molecular flexibility index (Phi) is 8.31. The quantitative estimate of drug-likeness (QED) is 0.638. The molecule has 1 atom stereocenters. The summed E-state index contributed by atoms with van der Waals surface area (Å²) in [5.41, 5.74) is 1.56. The van der Waals surface area contributed by atoms with Crippen molar-refractivity contribution < 1.29 is 14.0 Å². The summed E-state index contributed by atoms with van der Waals surface area (Å²) in [6.45, 7) is 1.81. The predicted molar refractivity (Wildman–Crippen MR) is 119 cm³/mol. The van der Waals surface area contributed by atoms with Gasteiger partial charge in [-0.2, -0.15) is 0 Å². The van der Waals surface area contributed by atoms with Crippen LogP contribution in [0.2, 0.25) is 0 Å². The molecule has 160 valence electrons. The second-order valence-electron chi connectivity index (χ2n) is 7.76. The van der Waals surface area contributed by atoms with E-state index in [2.05, 4.69) is 5.32 Å². The zero-order valence-electron chi connectivity index (χ0n) is 17.4. The molecule has 1 aliphatic carbocycles. The van der Waals surface area contributed by atoms with Crippen molar-refractivity contribution in [2.24, 2.45) is 0 Å². The summed E-state index contributed by atoms with van der Waals surface area (Å²) in [7, 11) is 0. The number of amides is 2. The summed E-state index contributed by atoms with van der Waals surface area (Å²) in [4.78, 5) is 27.3. The van der Waals surface area contributed by atoms with Gasteiger partial charge in [0.05, 0.1) is 5.75 Å². The van der Waals surface area contributed by atoms with Crippen LogP contribution in [-0.2, 0) is 21.9 Å². The average Bonchev–Trinajstić information content (AvgIpc) is 3.26. The van der Waals surface area contributed by atoms with Gasteiger partial charge in [-0.3, -0.25) is 9.59 Å². The lowest BCUT2D eigenvalue weighted by molar-refractivity contribution is -0.139. The fourth-order valence-corrected chi connectivity index (χ4v) is 4.57. The van der Waals surface area contributed by atoms with E-state index in [1.54, 1.807) is 25.1 Å². The average molecular weight is 429 g/mol. The number of halogens is 1. The van der Waals surface area contributed by atoms with E-state index in [4.69, 9.17) is 0 Å². The van der Waals surface area contributed by atoms with Gasteiger partial charge in [0.2, 0.25) is 11.8 Å². The minimum absolute atomic E-state index is 0.0800. The Bertz CT molecular complexity index is 840. The lowest BCUT2D eigenvalue weighted by atomic mass is 10.1. The van der Waals surface area contributed by atoms with E-state index >= 15 is 0 Å². The molecule has 0 heterocycles. The molecule has 0 saturated heterocycles. The summed E-state index contributed by atoms with van der Waals surface area (Å²) < 4.78 is 14.2. The van der Waals surface area contributed by atoms with E-state index in [1.807, 2.05) is 30.3 Å². The van der Waals surface area contributed by atoms with Crippen molar-refractivity contribution in [1.82, 2.24) is 10.2 Å². The first-order valence-electron chi connectivity index (χ1n) is 10.5. The van der Waals surface area contributed by atoms with Crippen molar-refractivity contribution in [2.45, 2.75) is 57.0 Å². The van der Waals surface area contributed by atoms with E-state index in [0.29, 0.717) is 11.3 Å². The first kappa shape index (κ1) is 22.3. The van der Waals surface area contributed by atoms with Gasteiger partial charge in [-0.05, 0) is 31.4 Å². The molecule has 2 aromatic rings. The van der Waals surface area contributed by atoms with E-state index in [0.717, 1.165) is 31.2 Å². The molecule has 0 bridgehead atoms. The SMILES string of the molecule is CC(C(=O)NC1CCCC1)N(Cc1ccccc1F)C(=O)CSCc1ccccc1. The third kappa shape index (κ3) is 6.33. The third-order valence-corrected chi connectivity index (χ3v) is 6.49. The van der Waals surface area contributed by atoms with Crippen molar-refractivity contribution in [3.05, 3.63) is 71.5 Å². The first-order valence-corrected chi connectivity index (χ1v) is 11.6. The maximum atomic E-state index is 14.2. The molecule has 6 heteroatoms. The van der Waals surface area contributed by atoms with Gasteiger partial charge in [0.1, 0.15) is 11.9 Å². The van der Waals surface area contributed by atoms with E-state index in [-0.39, 0.29) is 36.0 Å². The highest BCUT2D eigenvalue weighted by Crippen LogP contribution is 2.20. The number of hydrogen-bond acceptors (Lipinski definition) is 3. The fourth-order valence-electron chi connectivity index (χ4n) is 3.70. The molecule has 0 radical (unpaired) electrons. The molecule has 1 fully saturated rings. The Balaban J connectivity index is 1.66. The number of carbonyl (C=O) groups is 2. The molecule has 0 aliphatic heterocycles. The summed E-state index contributed by atoms with van der Waals surface area (Å²) >= 11 is 1.50. The van der Waals surface area contributed by atoms with Crippen LogP contribution in [0.4, 0.5) is 4.39 Å². The van der Waals surface area contributed by atoms with Crippen LogP contribution in [0.5, 0.6) is 0 Å². The molecular weight excluding hydrogens is 399 g/mol. The van der Waals surface area contributed by atoms with E-state index < -0.39 is 6.04 Å². The minimum atomic E-state index is -0.657. The van der Waals surface area contributed by atoms with Crippen molar-refractivity contribution in [2.75, 3.05) is 5.75 Å². The number of hydrogen-bond donors (Lipinski definition) is 1. The molecule has 1 unspecified atom stereocenters. The first-order chi connectivity index (χ1) is 14.5. The minimum Gasteiger partial charge on any atom is -0.352 e. The summed E-state index contributed by atoms with van der Waals surface area (Å²) in [5.74, 6) is 0.260. The summed E-state index contributed by atoms with van der Waals surface area (Å²) in [5, 5.41) is 3.06. The maximum absolute atomic E-state index is 14.2. The van der Waals surface area contributed by atoms with Crippen LogP contribution in [-0.4, -0.2) is 34.6 Å².